The fourth-order valence-corrected chi connectivity index (χ4v) is 2.82. The molecule has 0 amide bonds. The molecule has 1 aromatic carbocycles. The van der Waals surface area contributed by atoms with E-state index in [1.54, 1.807) is 11.1 Å². The second kappa shape index (κ2) is 3.24. The van der Waals surface area contributed by atoms with Crippen LogP contribution in [0.25, 0.3) is 0 Å². The average Bonchev–Trinajstić information content (AvgIpc) is 2.60. The highest BCUT2D eigenvalue weighted by Crippen LogP contribution is 2.40. The summed E-state index contributed by atoms with van der Waals surface area (Å²) in [6, 6.07) is 4.80. The van der Waals surface area contributed by atoms with E-state index < -0.39 is 0 Å². The van der Waals surface area contributed by atoms with Crippen molar-refractivity contribution >= 4 is 5.69 Å². The van der Waals surface area contributed by atoms with E-state index in [1.807, 2.05) is 0 Å². The third kappa shape index (κ3) is 1.44. The monoisotopic (exact) mass is 202 g/mol. The Labute approximate surface area is 91.3 Å². The molecule has 15 heavy (non-hydrogen) atoms. The third-order valence-corrected chi connectivity index (χ3v) is 3.57. The first-order valence-electron chi connectivity index (χ1n) is 5.78. The molecule has 0 radical (unpaired) electrons. The third-order valence-electron chi connectivity index (χ3n) is 3.57. The highest BCUT2D eigenvalue weighted by Gasteiger charge is 2.28. The number of benzene rings is 1. The molecule has 2 aliphatic rings. The number of hydrogen-bond acceptors (Lipinski definition) is 2. The summed E-state index contributed by atoms with van der Waals surface area (Å²) in [6.45, 7) is 2.31. The summed E-state index contributed by atoms with van der Waals surface area (Å²) in [6.07, 6.45) is 2.49. The zero-order chi connectivity index (χ0) is 10.4. The van der Waals surface area contributed by atoms with Crippen molar-refractivity contribution in [2.24, 2.45) is 0 Å². The molecule has 0 saturated carbocycles. The van der Waals surface area contributed by atoms with Crippen LogP contribution in [0.5, 0.6) is 0 Å². The molecule has 2 heteroatoms. The maximum Gasteiger partial charge on any atom is 0.0376 e. The van der Waals surface area contributed by atoms with Gasteiger partial charge in [0.25, 0.3) is 0 Å². The lowest BCUT2D eigenvalue weighted by Gasteiger charge is -2.33. The van der Waals surface area contributed by atoms with Gasteiger partial charge in [0.05, 0.1) is 0 Å². The summed E-state index contributed by atoms with van der Waals surface area (Å²) < 4.78 is 0. The van der Waals surface area contributed by atoms with Gasteiger partial charge < -0.3 is 10.2 Å². The Balaban J connectivity index is 1.88. The minimum absolute atomic E-state index is 0.766. The van der Waals surface area contributed by atoms with Crippen LogP contribution in [0.2, 0.25) is 0 Å². The van der Waals surface area contributed by atoms with Crippen LogP contribution in [0.15, 0.2) is 12.1 Å². The molecule has 0 bridgehead atoms. The van der Waals surface area contributed by atoms with Crippen molar-refractivity contribution < 1.29 is 0 Å². The first-order chi connectivity index (χ1) is 7.24. The van der Waals surface area contributed by atoms with Crippen LogP contribution in [0.3, 0.4) is 0 Å². The van der Waals surface area contributed by atoms with Crippen molar-refractivity contribution in [3.05, 3.63) is 28.8 Å². The molecule has 0 spiro atoms. The summed E-state index contributed by atoms with van der Waals surface area (Å²) in [4.78, 5) is 2.29. The summed E-state index contributed by atoms with van der Waals surface area (Å²) >= 11 is 0. The normalized spacial score (nSPS) is 21.9. The Hall–Kier alpha value is -1.02. The minimum Gasteiger partial charge on any atom is -0.384 e. The Kier molecular flexibility index (Phi) is 1.99. The van der Waals surface area contributed by atoms with Crippen molar-refractivity contribution in [1.82, 2.24) is 4.90 Å². The van der Waals surface area contributed by atoms with Gasteiger partial charge in [-0.25, -0.2) is 0 Å². The van der Waals surface area contributed by atoms with Gasteiger partial charge in [-0.05, 0) is 49.7 Å². The quantitative estimate of drug-likeness (QED) is 0.787. The molecule has 3 rings (SSSR count). The molecule has 2 nitrogen and oxygen atoms in total. The van der Waals surface area contributed by atoms with E-state index in [2.05, 4.69) is 36.4 Å². The lowest BCUT2D eigenvalue weighted by molar-refractivity contribution is 0.356. The molecule has 1 N–H and O–H groups in total. The number of fused-ring (bicyclic) bond motifs is 2. The van der Waals surface area contributed by atoms with Gasteiger partial charge in [-0.3, -0.25) is 0 Å². The summed E-state index contributed by atoms with van der Waals surface area (Å²) in [5.74, 6) is 0.766. The molecule has 1 aliphatic heterocycles. The summed E-state index contributed by atoms with van der Waals surface area (Å²) in [5.41, 5.74) is 6.08. The van der Waals surface area contributed by atoms with Crippen LogP contribution in [0.4, 0.5) is 5.69 Å². The molecule has 0 fully saturated rings. The topological polar surface area (TPSA) is 15.3 Å². The van der Waals surface area contributed by atoms with Crippen LogP contribution < -0.4 is 5.32 Å². The van der Waals surface area contributed by atoms with Gasteiger partial charge in [0.1, 0.15) is 0 Å². The van der Waals surface area contributed by atoms with Crippen molar-refractivity contribution in [3.63, 3.8) is 0 Å². The molecule has 0 saturated heterocycles. The van der Waals surface area contributed by atoms with Crippen LogP contribution in [-0.4, -0.2) is 32.1 Å². The molecular weight excluding hydrogens is 184 g/mol. The predicted octanol–water partition coefficient (Wildman–Crippen LogP) is 1.86. The molecule has 0 aromatic heterocycles. The number of rotatable bonds is 2. The lowest BCUT2D eigenvalue weighted by atomic mass is 9.76. The van der Waals surface area contributed by atoms with Gasteiger partial charge in [-0.1, -0.05) is 6.07 Å². The predicted molar refractivity (Wildman–Crippen MR) is 63.6 cm³/mol. The number of nitrogens with zero attached hydrogens (tertiary/aromatic N) is 1. The zero-order valence-corrected chi connectivity index (χ0v) is 9.51. The van der Waals surface area contributed by atoms with Crippen LogP contribution >= 0.6 is 0 Å². The van der Waals surface area contributed by atoms with Gasteiger partial charge in [0.2, 0.25) is 0 Å². The van der Waals surface area contributed by atoms with Crippen LogP contribution in [0.1, 0.15) is 22.6 Å². The molecule has 1 heterocycles. The van der Waals surface area contributed by atoms with Gasteiger partial charge in [-0.15, -0.1) is 0 Å². The lowest BCUT2D eigenvalue weighted by Crippen LogP contribution is -2.28. The van der Waals surface area contributed by atoms with E-state index >= 15 is 0 Å². The van der Waals surface area contributed by atoms with Gasteiger partial charge >= 0.3 is 0 Å². The second-order valence-electron chi connectivity index (χ2n) is 5.05. The van der Waals surface area contributed by atoms with Gasteiger partial charge in [0, 0.05) is 24.7 Å². The average molecular weight is 202 g/mol. The Bertz CT molecular complexity index is 396. The summed E-state index contributed by atoms with van der Waals surface area (Å²) in [5, 5.41) is 3.46. The van der Waals surface area contributed by atoms with E-state index in [9.17, 15) is 0 Å². The fourth-order valence-electron chi connectivity index (χ4n) is 2.82. The number of anilines is 1. The van der Waals surface area contributed by atoms with Crippen molar-refractivity contribution in [2.75, 3.05) is 32.5 Å². The maximum atomic E-state index is 3.46. The largest absolute Gasteiger partial charge is 0.384 e. The Morgan fingerprint density at radius 2 is 2.20 bits per heavy atom. The van der Waals surface area contributed by atoms with Gasteiger partial charge in [0.15, 0.2) is 0 Å². The molecule has 1 aromatic rings. The molecule has 80 valence electrons. The van der Waals surface area contributed by atoms with E-state index in [0.29, 0.717) is 0 Å². The van der Waals surface area contributed by atoms with E-state index in [1.165, 1.54) is 30.6 Å². The first kappa shape index (κ1) is 9.22. The smallest absolute Gasteiger partial charge is 0.0376 e. The van der Waals surface area contributed by atoms with E-state index in [0.717, 1.165) is 12.5 Å². The van der Waals surface area contributed by atoms with Crippen molar-refractivity contribution in [2.45, 2.75) is 18.8 Å². The first-order valence-corrected chi connectivity index (χ1v) is 5.78. The van der Waals surface area contributed by atoms with E-state index in [-0.39, 0.29) is 0 Å². The van der Waals surface area contributed by atoms with Crippen LogP contribution in [0, 0.1) is 0 Å². The van der Waals surface area contributed by atoms with Gasteiger partial charge in [-0.2, -0.15) is 0 Å². The Morgan fingerprint density at radius 3 is 3.00 bits per heavy atom. The Morgan fingerprint density at radius 1 is 1.33 bits per heavy atom. The number of nitrogens with one attached hydrogen (secondary N) is 1. The SMILES string of the molecule is CN(C)CC1Cc2cc3c(cc21)NCC3. The van der Waals surface area contributed by atoms with Crippen LogP contribution in [-0.2, 0) is 12.8 Å². The standard InChI is InChI=1S/C13H18N2/c1-15(2)8-11-6-10-5-9-3-4-14-13(9)7-12(10)11/h5,7,11,14H,3-4,6,8H2,1-2H3. The maximum absolute atomic E-state index is 3.46. The second-order valence-corrected chi connectivity index (χ2v) is 5.05. The fraction of sp³-hybridized carbons (Fsp3) is 0.538. The zero-order valence-electron chi connectivity index (χ0n) is 9.51. The number of hydrogen-bond donors (Lipinski definition) is 1. The van der Waals surface area contributed by atoms with Crippen molar-refractivity contribution in [3.8, 4) is 0 Å². The highest BCUT2D eigenvalue weighted by atomic mass is 15.1. The molecule has 1 unspecified atom stereocenters. The molecular formula is C13H18N2. The molecule has 1 aliphatic carbocycles. The highest BCUT2D eigenvalue weighted by molar-refractivity contribution is 5.62. The molecule has 1 atom stereocenters. The summed E-state index contributed by atoms with van der Waals surface area (Å²) in [7, 11) is 4.31. The van der Waals surface area contributed by atoms with E-state index in [4.69, 9.17) is 0 Å². The van der Waals surface area contributed by atoms with Crippen molar-refractivity contribution in [1.29, 1.82) is 0 Å². The number of likely N-dealkylation sites (N-methyl/N-ethyl adjacent to an activating group) is 1. The minimum atomic E-state index is 0.766.